The van der Waals surface area contributed by atoms with Gasteiger partial charge in [0.25, 0.3) is 0 Å². The first-order valence-corrected chi connectivity index (χ1v) is 5.64. The van der Waals surface area contributed by atoms with Crippen LogP contribution in [0.2, 0.25) is 0 Å². The van der Waals surface area contributed by atoms with Crippen molar-refractivity contribution in [3.05, 3.63) is 23.8 Å². The molecule has 0 spiro atoms. The van der Waals surface area contributed by atoms with Crippen LogP contribution in [0.15, 0.2) is 23.2 Å². The van der Waals surface area contributed by atoms with E-state index in [1.165, 1.54) is 11.3 Å². The zero-order valence-corrected chi connectivity index (χ0v) is 10.9. The van der Waals surface area contributed by atoms with E-state index in [0.717, 1.165) is 5.69 Å². The summed E-state index contributed by atoms with van der Waals surface area (Å²) in [5.41, 5.74) is 5.90. The van der Waals surface area contributed by atoms with E-state index in [-0.39, 0.29) is 0 Å². The summed E-state index contributed by atoms with van der Waals surface area (Å²) in [6.45, 7) is 4.72. The molecule has 5 nitrogen and oxygen atoms in total. The van der Waals surface area contributed by atoms with Crippen LogP contribution in [0.3, 0.4) is 0 Å². The van der Waals surface area contributed by atoms with E-state index >= 15 is 0 Å². The third kappa shape index (κ3) is 3.64. The van der Waals surface area contributed by atoms with Gasteiger partial charge in [0.1, 0.15) is 0 Å². The number of anilines is 2. The summed E-state index contributed by atoms with van der Waals surface area (Å²) in [6.07, 6.45) is 0. The highest BCUT2D eigenvalue weighted by Crippen LogP contribution is 2.22. The fourth-order valence-corrected chi connectivity index (χ4v) is 1.59. The van der Waals surface area contributed by atoms with E-state index in [0.29, 0.717) is 12.5 Å². The minimum Gasteiger partial charge on any atom is -0.377 e. The van der Waals surface area contributed by atoms with Gasteiger partial charge >= 0.3 is 0 Å². The average molecular weight is 235 g/mol. The van der Waals surface area contributed by atoms with Gasteiger partial charge in [0.15, 0.2) is 0 Å². The van der Waals surface area contributed by atoms with Crippen molar-refractivity contribution in [1.29, 1.82) is 0 Å². The molecule has 0 atom stereocenters. The fraction of sp³-hybridized carbons (Fsp3) is 0.417. The van der Waals surface area contributed by atoms with Gasteiger partial charge in [0, 0.05) is 32.0 Å². The van der Waals surface area contributed by atoms with E-state index in [1.54, 1.807) is 0 Å². The Kier molecular flexibility index (Phi) is 4.78. The molecule has 0 saturated carbocycles. The van der Waals surface area contributed by atoms with Crippen molar-refractivity contribution in [1.82, 2.24) is 5.43 Å². The lowest BCUT2D eigenvalue weighted by molar-refractivity contribution is 0.986. The maximum Gasteiger partial charge on any atom is 0.210 e. The molecular weight excluding hydrogens is 214 g/mol. The average Bonchev–Trinajstić information content (AvgIpc) is 2.30. The monoisotopic (exact) mass is 235 g/mol. The Balaban J connectivity index is 2.92. The molecule has 0 bridgehead atoms. The molecule has 1 aromatic carbocycles. The lowest BCUT2D eigenvalue weighted by Crippen LogP contribution is -2.36. The molecule has 1 rings (SSSR count). The first-order valence-electron chi connectivity index (χ1n) is 5.64. The van der Waals surface area contributed by atoms with E-state index in [4.69, 9.17) is 5.84 Å². The van der Waals surface area contributed by atoms with Crippen molar-refractivity contribution in [3.8, 4) is 0 Å². The number of nitrogens with zero attached hydrogens (tertiary/aromatic N) is 2. The molecule has 94 valence electrons. The Morgan fingerprint density at radius 1 is 1.41 bits per heavy atom. The zero-order chi connectivity index (χ0) is 12.8. The van der Waals surface area contributed by atoms with Crippen molar-refractivity contribution in [2.75, 3.05) is 30.9 Å². The number of nitrogens with one attached hydrogen (secondary N) is 2. The zero-order valence-electron chi connectivity index (χ0n) is 10.9. The lowest BCUT2D eigenvalue weighted by Gasteiger charge is -2.17. The van der Waals surface area contributed by atoms with Gasteiger partial charge < -0.3 is 10.2 Å². The predicted molar refractivity (Wildman–Crippen MR) is 74.4 cm³/mol. The Labute approximate surface area is 103 Å². The standard InChI is InChI=1S/C12H21N5/c1-5-14-12(16-13)15-10-7-6-9(2)11(8-10)17(3)4/h6-8H,5,13H2,1-4H3,(H2,14,15,16). The molecule has 0 aliphatic carbocycles. The van der Waals surface area contributed by atoms with Crippen LogP contribution >= 0.6 is 0 Å². The number of rotatable bonds is 3. The number of aliphatic imine (C=N–C) groups is 1. The molecule has 0 aliphatic heterocycles. The molecule has 0 saturated heterocycles. The van der Waals surface area contributed by atoms with Crippen LogP contribution < -0.4 is 21.5 Å². The fourth-order valence-electron chi connectivity index (χ4n) is 1.59. The number of nitrogens with two attached hydrogens (primary N) is 1. The molecule has 5 heteroatoms. The summed E-state index contributed by atoms with van der Waals surface area (Å²) in [5.74, 6) is 5.95. The summed E-state index contributed by atoms with van der Waals surface area (Å²) in [7, 11) is 4.04. The van der Waals surface area contributed by atoms with Gasteiger partial charge in [-0.25, -0.2) is 5.84 Å². The van der Waals surface area contributed by atoms with Gasteiger partial charge in [-0.1, -0.05) is 6.07 Å². The quantitative estimate of drug-likeness (QED) is 0.320. The third-order valence-corrected chi connectivity index (χ3v) is 2.41. The Bertz CT molecular complexity index is 398. The first kappa shape index (κ1) is 13.3. The Morgan fingerprint density at radius 3 is 2.65 bits per heavy atom. The van der Waals surface area contributed by atoms with Crippen molar-refractivity contribution in [2.24, 2.45) is 10.8 Å². The van der Waals surface area contributed by atoms with Crippen LogP contribution in [-0.2, 0) is 0 Å². The van der Waals surface area contributed by atoms with Gasteiger partial charge in [-0.3, -0.25) is 10.4 Å². The van der Waals surface area contributed by atoms with E-state index in [9.17, 15) is 0 Å². The molecule has 1 aromatic rings. The summed E-state index contributed by atoms with van der Waals surface area (Å²) in [4.78, 5) is 6.27. The molecule has 4 N–H and O–H groups in total. The van der Waals surface area contributed by atoms with Crippen molar-refractivity contribution in [2.45, 2.75) is 13.8 Å². The van der Waals surface area contributed by atoms with Gasteiger partial charge in [0.05, 0.1) is 0 Å². The van der Waals surface area contributed by atoms with E-state index in [1.807, 2.05) is 27.1 Å². The second-order valence-electron chi connectivity index (χ2n) is 3.99. The SMILES string of the molecule is CCN=C(NN)Nc1ccc(C)c(N(C)C)c1. The third-order valence-electron chi connectivity index (χ3n) is 2.41. The van der Waals surface area contributed by atoms with Crippen LogP contribution in [0, 0.1) is 6.92 Å². The van der Waals surface area contributed by atoms with Crippen molar-refractivity contribution in [3.63, 3.8) is 0 Å². The largest absolute Gasteiger partial charge is 0.377 e. The Hall–Kier alpha value is -1.75. The van der Waals surface area contributed by atoms with Gasteiger partial charge in [-0.15, -0.1) is 0 Å². The smallest absolute Gasteiger partial charge is 0.210 e. The topological polar surface area (TPSA) is 65.7 Å². The second kappa shape index (κ2) is 6.10. The number of hydrogen-bond acceptors (Lipinski definition) is 3. The number of guanidine groups is 1. The summed E-state index contributed by atoms with van der Waals surface area (Å²) in [5, 5.41) is 3.14. The summed E-state index contributed by atoms with van der Waals surface area (Å²) < 4.78 is 0. The highest BCUT2D eigenvalue weighted by Gasteiger charge is 2.03. The first-order chi connectivity index (χ1) is 8.08. The molecule has 0 aliphatic rings. The van der Waals surface area contributed by atoms with Crippen LogP contribution in [0.1, 0.15) is 12.5 Å². The number of aryl methyl sites for hydroxylation is 1. The summed E-state index contributed by atoms with van der Waals surface area (Å²) >= 11 is 0. The van der Waals surface area contributed by atoms with E-state index in [2.05, 4.69) is 39.7 Å². The van der Waals surface area contributed by atoms with Crippen molar-refractivity contribution < 1.29 is 0 Å². The number of hydrogen-bond donors (Lipinski definition) is 3. The van der Waals surface area contributed by atoms with Gasteiger partial charge in [0.2, 0.25) is 5.96 Å². The molecule has 0 amide bonds. The van der Waals surface area contributed by atoms with Gasteiger partial charge in [-0.05, 0) is 31.5 Å². The predicted octanol–water partition coefficient (Wildman–Crippen LogP) is 1.31. The van der Waals surface area contributed by atoms with Crippen LogP contribution in [-0.4, -0.2) is 26.6 Å². The highest BCUT2D eigenvalue weighted by atomic mass is 15.3. The van der Waals surface area contributed by atoms with Crippen LogP contribution in [0.4, 0.5) is 11.4 Å². The molecule has 0 aromatic heterocycles. The molecular formula is C12H21N5. The maximum absolute atomic E-state index is 5.38. The molecule has 0 heterocycles. The second-order valence-corrected chi connectivity index (χ2v) is 3.99. The lowest BCUT2D eigenvalue weighted by atomic mass is 10.1. The minimum atomic E-state index is 0.570. The maximum atomic E-state index is 5.38. The molecule has 0 unspecified atom stereocenters. The van der Waals surface area contributed by atoms with Crippen LogP contribution in [0.25, 0.3) is 0 Å². The minimum absolute atomic E-state index is 0.570. The summed E-state index contributed by atoms with van der Waals surface area (Å²) in [6, 6.07) is 6.14. The van der Waals surface area contributed by atoms with Gasteiger partial charge in [-0.2, -0.15) is 0 Å². The Morgan fingerprint density at radius 2 is 2.12 bits per heavy atom. The highest BCUT2D eigenvalue weighted by molar-refractivity contribution is 5.93. The van der Waals surface area contributed by atoms with Crippen LogP contribution in [0.5, 0.6) is 0 Å². The molecule has 0 radical (unpaired) electrons. The van der Waals surface area contributed by atoms with E-state index < -0.39 is 0 Å². The normalized spacial score (nSPS) is 11.2. The molecule has 17 heavy (non-hydrogen) atoms. The number of hydrazine groups is 1. The molecule has 0 fully saturated rings. The number of benzene rings is 1. The van der Waals surface area contributed by atoms with Crippen molar-refractivity contribution >= 4 is 17.3 Å².